The van der Waals surface area contributed by atoms with E-state index in [1.807, 2.05) is 6.08 Å². The molecule has 0 atom stereocenters. The molecule has 0 aromatic heterocycles. The maximum Gasteiger partial charge on any atom is 0.309 e. The van der Waals surface area contributed by atoms with Gasteiger partial charge in [-0.05, 0) is 12.8 Å². The van der Waals surface area contributed by atoms with Crippen LogP contribution < -0.4 is 0 Å². The molecule has 0 bridgehead atoms. The topological polar surface area (TPSA) is 26.3 Å². The highest BCUT2D eigenvalue weighted by Gasteiger charge is 1.93. The van der Waals surface area contributed by atoms with Crippen LogP contribution in [0.4, 0.5) is 0 Å². The minimum absolute atomic E-state index is 0.160. The summed E-state index contributed by atoms with van der Waals surface area (Å²) in [4.78, 5) is 10.7. The Morgan fingerprint density at radius 2 is 1.86 bits per heavy atom. The number of carbonyl (C=O) groups excluding carboxylic acids is 1. The SMILES string of the molecule is CCCCCCCC=CCC(=O)OC. The average molecular weight is 198 g/mol. The minimum Gasteiger partial charge on any atom is -0.469 e. The molecule has 0 aromatic rings. The van der Waals surface area contributed by atoms with Gasteiger partial charge in [0.05, 0.1) is 13.5 Å². The fourth-order valence-corrected chi connectivity index (χ4v) is 1.25. The third kappa shape index (κ3) is 9.30. The van der Waals surface area contributed by atoms with E-state index in [4.69, 9.17) is 0 Å². The molecule has 0 aliphatic carbocycles. The summed E-state index contributed by atoms with van der Waals surface area (Å²) in [6.45, 7) is 2.22. The van der Waals surface area contributed by atoms with Gasteiger partial charge in [-0.1, -0.05) is 44.8 Å². The van der Waals surface area contributed by atoms with Crippen molar-refractivity contribution in [2.24, 2.45) is 0 Å². The largest absolute Gasteiger partial charge is 0.469 e. The molecular formula is C12H22O2. The predicted molar refractivity (Wildman–Crippen MR) is 59.1 cm³/mol. The smallest absolute Gasteiger partial charge is 0.309 e. The number of hydrogen-bond donors (Lipinski definition) is 0. The zero-order valence-electron chi connectivity index (χ0n) is 9.42. The zero-order chi connectivity index (χ0) is 10.6. The number of esters is 1. The summed E-state index contributed by atoms with van der Waals surface area (Å²) in [5, 5.41) is 0. The van der Waals surface area contributed by atoms with E-state index in [1.165, 1.54) is 39.2 Å². The van der Waals surface area contributed by atoms with E-state index < -0.39 is 0 Å². The summed E-state index contributed by atoms with van der Waals surface area (Å²) in [6.07, 6.45) is 12.0. The van der Waals surface area contributed by atoms with Crippen LogP contribution in [-0.4, -0.2) is 13.1 Å². The number of allylic oxidation sites excluding steroid dienone is 1. The van der Waals surface area contributed by atoms with E-state index in [1.54, 1.807) is 0 Å². The fraction of sp³-hybridized carbons (Fsp3) is 0.750. The second-order valence-corrected chi connectivity index (χ2v) is 3.45. The maximum absolute atomic E-state index is 10.7. The third-order valence-electron chi connectivity index (χ3n) is 2.15. The number of methoxy groups -OCH3 is 1. The Hall–Kier alpha value is -0.790. The van der Waals surface area contributed by atoms with E-state index in [0.717, 1.165) is 6.42 Å². The molecule has 0 saturated carbocycles. The van der Waals surface area contributed by atoms with Crippen LogP contribution in [0.1, 0.15) is 51.9 Å². The Kier molecular flexibility index (Phi) is 9.71. The molecule has 0 fully saturated rings. The van der Waals surface area contributed by atoms with E-state index >= 15 is 0 Å². The number of carbonyl (C=O) groups is 1. The lowest BCUT2D eigenvalue weighted by Gasteiger charge is -1.96. The molecule has 0 spiro atoms. The van der Waals surface area contributed by atoms with Gasteiger partial charge in [0.25, 0.3) is 0 Å². The Morgan fingerprint density at radius 3 is 2.50 bits per heavy atom. The van der Waals surface area contributed by atoms with Gasteiger partial charge in [0.15, 0.2) is 0 Å². The first-order valence-corrected chi connectivity index (χ1v) is 5.53. The summed E-state index contributed by atoms with van der Waals surface area (Å²) < 4.78 is 4.52. The monoisotopic (exact) mass is 198 g/mol. The maximum atomic E-state index is 10.7. The first kappa shape index (κ1) is 13.2. The van der Waals surface area contributed by atoms with Gasteiger partial charge in [-0.25, -0.2) is 0 Å². The van der Waals surface area contributed by atoms with E-state index in [9.17, 15) is 4.79 Å². The van der Waals surface area contributed by atoms with E-state index in [0.29, 0.717) is 6.42 Å². The number of hydrogen-bond acceptors (Lipinski definition) is 2. The van der Waals surface area contributed by atoms with Crippen molar-refractivity contribution in [1.82, 2.24) is 0 Å². The van der Waals surface area contributed by atoms with Crippen molar-refractivity contribution < 1.29 is 9.53 Å². The average Bonchev–Trinajstić information content (AvgIpc) is 2.21. The fourth-order valence-electron chi connectivity index (χ4n) is 1.25. The number of ether oxygens (including phenoxy) is 1. The zero-order valence-corrected chi connectivity index (χ0v) is 9.42. The summed E-state index contributed by atoms with van der Waals surface area (Å²) in [6, 6.07) is 0. The van der Waals surface area contributed by atoms with Gasteiger partial charge in [-0.2, -0.15) is 0 Å². The molecular weight excluding hydrogens is 176 g/mol. The third-order valence-corrected chi connectivity index (χ3v) is 2.15. The Labute approximate surface area is 87.3 Å². The van der Waals surface area contributed by atoms with Crippen LogP contribution in [-0.2, 0) is 9.53 Å². The van der Waals surface area contributed by atoms with Crippen LogP contribution in [0.2, 0.25) is 0 Å². The number of rotatable bonds is 8. The van der Waals surface area contributed by atoms with Gasteiger partial charge in [-0.15, -0.1) is 0 Å². The van der Waals surface area contributed by atoms with Crippen molar-refractivity contribution in [2.45, 2.75) is 51.9 Å². The summed E-state index contributed by atoms with van der Waals surface area (Å²) in [5.41, 5.74) is 0. The molecule has 2 nitrogen and oxygen atoms in total. The highest BCUT2D eigenvalue weighted by molar-refractivity contribution is 5.70. The van der Waals surface area contributed by atoms with Crippen LogP contribution in [0.5, 0.6) is 0 Å². The molecule has 0 radical (unpaired) electrons. The molecule has 0 amide bonds. The first-order valence-electron chi connectivity index (χ1n) is 5.53. The molecule has 2 heteroatoms. The van der Waals surface area contributed by atoms with E-state index in [2.05, 4.69) is 17.7 Å². The minimum atomic E-state index is -0.160. The Morgan fingerprint density at radius 1 is 1.14 bits per heavy atom. The molecule has 0 aliphatic rings. The van der Waals surface area contributed by atoms with Crippen molar-refractivity contribution in [3.63, 3.8) is 0 Å². The van der Waals surface area contributed by atoms with Crippen molar-refractivity contribution in [3.05, 3.63) is 12.2 Å². The highest BCUT2D eigenvalue weighted by Crippen LogP contribution is 2.05. The van der Waals surface area contributed by atoms with Crippen molar-refractivity contribution in [2.75, 3.05) is 7.11 Å². The second kappa shape index (κ2) is 10.3. The molecule has 82 valence electrons. The lowest BCUT2D eigenvalue weighted by atomic mass is 10.1. The molecule has 0 aromatic carbocycles. The normalized spacial score (nSPS) is 10.7. The van der Waals surface area contributed by atoms with Crippen molar-refractivity contribution >= 4 is 5.97 Å². The van der Waals surface area contributed by atoms with Crippen LogP contribution in [0, 0.1) is 0 Å². The highest BCUT2D eigenvalue weighted by atomic mass is 16.5. The summed E-state index contributed by atoms with van der Waals surface area (Å²) in [7, 11) is 1.42. The molecule has 0 aliphatic heterocycles. The Bertz CT molecular complexity index is 162. The molecule has 0 unspecified atom stereocenters. The van der Waals surface area contributed by atoms with Gasteiger partial charge < -0.3 is 4.74 Å². The summed E-state index contributed by atoms with van der Waals surface area (Å²) >= 11 is 0. The lowest BCUT2D eigenvalue weighted by molar-refractivity contribution is -0.139. The summed E-state index contributed by atoms with van der Waals surface area (Å²) in [5.74, 6) is -0.160. The van der Waals surface area contributed by atoms with Crippen molar-refractivity contribution in [3.8, 4) is 0 Å². The first-order chi connectivity index (χ1) is 6.81. The van der Waals surface area contributed by atoms with Crippen LogP contribution in [0.15, 0.2) is 12.2 Å². The van der Waals surface area contributed by atoms with Crippen LogP contribution in [0.25, 0.3) is 0 Å². The standard InChI is InChI=1S/C12H22O2/c1-3-4-5-6-7-8-9-10-11-12(13)14-2/h9-10H,3-8,11H2,1-2H3. The van der Waals surface area contributed by atoms with Gasteiger partial charge in [-0.3, -0.25) is 4.79 Å². The molecule has 0 saturated heterocycles. The van der Waals surface area contributed by atoms with E-state index in [-0.39, 0.29) is 5.97 Å². The van der Waals surface area contributed by atoms with Crippen molar-refractivity contribution in [1.29, 1.82) is 0 Å². The molecule has 0 N–H and O–H groups in total. The van der Waals surface area contributed by atoms with Gasteiger partial charge in [0, 0.05) is 0 Å². The molecule has 0 heterocycles. The second-order valence-electron chi connectivity index (χ2n) is 3.45. The lowest BCUT2D eigenvalue weighted by Crippen LogP contribution is -1.96. The van der Waals surface area contributed by atoms with Crippen LogP contribution in [0.3, 0.4) is 0 Å². The van der Waals surface area contributed by atoms with Crippen LogP contribution >= 0.6 is 0 Å². The van der Waals surface area contributed by atoms with Gasteiger partial charge in [0.2, 0.25) is 0 Å². The quantitative estimate of drug-likeness (QED) is 0.339. The molecule has 14 heavy (non-hydrogen) atoms. The number of unbranched alkanes of at least 4 members (excludes halogenated alkanes) is 5. The van der Waals surface area contributed by atoms with Gasteiger partial charge in [0.1, 0.15) is 0 Å². The van der Waals surface area contributed by atoms with Gasteiger partial charge >= 0.3 is 5.97 Å². The predicted octanol–water partition coefficient (Wildman–Crippen LogP) is 3.47. The molecule has 0 rings (SSSR count). The Balaban J connectivity index is 3.15.